The second-order valence-corrected chi connectivity index (χ2v) is 3.87. The van der Waals surface area contributed by atoms with E-state index in [2.05, 4.69) is 14.1 Å². The van der Waals surface area contributed by atoms with Crippen molar-refractivity contribution in [2.24, 2.45) is 0 Å². The number of alkyl halides is 1. The molecule has 1 aromatic carbocycles. The standard InChI is InChI=1S/C10H10ClN3S/c11-5-8-3-1-2-4-10(8)12-6-9-7-13-15-14-9/h1-4,7,12H,5-6H2. The van der Waals surface area contributed by atoms with Crippen LogP contribution >= 0.6 is 23.3 Å². The highest BCUT2D eigenvalue weighted by molar-refractivity contribution is 6.99. The van der Waals surface area contributed by atoms with Crippen LogP contribution in [0.3, 0.4) is 0 Å². The van der Waals surface area contributed by atoms with Crippen LogP contribution in [-0.2, 0) is 12.4 Å². The summed E-state index contributed by atoms with van der Waals surface area (Å²) in [6, 6.07) is 7.98. The molecule has 15 heavy (non-hydrogen) atoms. The Bertz CT molecular complexity index is 416. The summed E-state index contributed by atoms with van der Waals surface area (Å²) in [5, 5.41) is 3.29. The summed E-state index contributed by atoms with van der Waals surface area (Å²) in [7, 11) is 0. The predicted octanol–water partition coefficient (Wildman–Crippen LogP) is 2.89. The molecule has 0 amide bonds. The van der Waals surface area contributed by atoms with Crippen molar-refractivity contribution in [1.29, 1.82) is 0 Å². The minimum absolute atomic E-state index is 0.512. The van der Waals surface area contributed by atoms with Crippen LogP contribution in [0.2, 0.25) is 0 Å². The van der Waals surface area contributed by atoms with Gasteiger partial charge >= 0.3 is 0 Å². The molecule has 0 bridgehead atoms. The number of para-hydroxylation sites is 1. The van der Waals surface area contributed by atoms with Crippen molar-refractivity contribution in [2.75, 3.05) is 5.32 Å². The number of nitrogens with zero attached hydrogens (tertiary/aromatic N) is 2. The maximum absolute atomic E-state index is 5.83. The lowest BCUT2D eigenvalue weighted by Gasteiger charge is -2.08. The second kappa shape index (κ2) is 5.09. The van der Waals surface area contributed by atoms with Gasteiger partial charge in [0.2, 0.25) is 0 Å². The van der Waals surface area contributed by atoms with Crippen LogP contribution in [0, 0.1) is 0 Å². The number of hydrogen-bond acceptors (Lipinski definition) is 4. The van der Waals surface area contributed by atoms with Gasteiger partial charge in [0.25, 0.3) is 0 Å². The van der Waals surface area contributed by atoms with E-state index in [0.29, 0.717) is 12.4 Å². The Kier molecular flexibility index (Phi) is 3.53. The molecular formula is C10H10ClN3S. The molecule has 0 atom stereocenters. The van der Waals surface area contributed by atoms with Crippen molar-refractivity contribution in [1.82, 2.24) is 8.75 Å². The lowest BCUT2D eigenvalue weighted by molar-refractivity contribution is 1.08. The Morgan fingerprint density at radius 2 is 2.20 bits per heavy atom. The highest BCUT2D eigenvalue weighted by atomic mass is 35.5. The van der Waals surface area contributed by atoms with Gasteiger partial charge in [0.05, 0.1) is 30.2 Å². The molecule has 0 radical (unpaired) electrons. The first-order chi connectivity index (χ1) is 7.40. The molecule has 0 saturated carbocycles. The van der Waals surface area contributed by atoms with E-state index in [0.717, 1.165) is 16.9 Å². The van der Waals surface area contributed by atoms with Crippen molar-refractivity contribution in [3.05, 3.63) is 41.7 Å². The van der Waals surface area contributed by atoms with Crippen LogP contribution in [0.25, 0.3) is 0 Å². The fraction of sp³-hybridized carbons (Fsp3) is 0.200. The summed E-state index contributed by atoms with van der Waals surface area (Å²) < 4.78 is 8.06. The monoisotopic (exact) mass is 239 g/mol. The van der Waals surface area contributed by atoms with Gasteiger partial charge < -0.3 is 5.32 Å². The summed E-state index contributed by atoms with van der Waals surface area (Å²) in [5.74, 6) is 0.512. The quantitative estimate of drug-likeness (QED) is 0.834. The van der Waals surface area contributed by atoms with Crippen molar-refractivity contribution in [3.63, 3.8) is 0 Å². The van der Waals surface area contributed by atoms with Gasteiger partial charge in [0.15, 0.2) is 0 Å². The molecule has 0 aliphatic heterocycles. The minimum atomic E-state index is 0.512. The number of benzene rings is 1. The van der Waals surface area contributed by atoms with Crippen LogP contribution < -0.4 is 5.32 Å². The van der Waals surface area contributed by atoms with Crippen LogP contribution in [-0.4, -0.2) is 8.75 Å². The summed E-state index contributed by atoms with van der Waals surface area (Å²) in [4.78, 5) is 0. The van der Waals surface area contributed by atoms with Crippen LogP contribution in [0.4, 0.5) is 5.69 Å². The average Bonchev–Trinajstić information content (AvgIpc) is 2.79. The highest BCUT2D eigenvalue weighted by Gasteiger charge is 2.00. The molecule has 0 saturated heterocycles. The van der Waals surface area contributed by atoms with E-state index in [1.165, 1.54) is 11.7 Å². The van der Waals surface area contributed by atoms with E-state index in [1.807, 2.05) is 24.3 Å². The van der Waals surface area contributed by atoms with E-state index in [9.17, 15) is 0 Å². The van der Waals surface area contributed by atoms with Gasteiger partial charge in [0, 0.05) is 11.6 Å². The van der Waals surface area contributed by atoms with E-state index < -0.39 is 0 Å². The van der Waals surface area contributed by atoms with Crippen LogP contribution in [0.15, 0.2) is 30.5 Å². The smallest absolute Gasteiger partial charge is 0.0933 e. The molecular weight excluding hydrogens is 230 g/mol. The molecule has 3 nitrogen and oxygen atoms in total. The Labute approximate surface area is 97.4 Å². The predicted molar refractivity (Wildman–Crippen MR) is 63.2 cm³/mol. The Hall–Kier alpha value is -1.13. The van der Waals surface area contributed by atoms with Gasteiger partial charge in [-0.05, 0) is 11.6 Å². The molecule has 0 aliphatic rings. The molecule has 0 spiro atoms. The zero-order chi connectivity index (χ0) is 10.5. The fourth-order valence-electron chi connectivity index (χ4n) is 1.26. The molecule has 1 heterocycles. The summed E-state index contributed by atoms with van der Waals surface area (Å²) in [5.41, 5.74) is 3.10. The third-order valence-electron chi connectivity index (χ3n) is 2.03. The Morgan fingerprint density at radius 3 is 2.93 bits per heavy atom. The maximum atomic E-state index is 5.83. The lowest BCUT2D eigenvalue weighted by Crippen LogP contribution is -2.01. The van der Waals surface area contributed by atoms with Gasteiger partial charge in [-0.15, -0.1) is 11.6 Å². The average molecular weight is 240 g/mol. The minimum Gasteiger partial charge on any atom is -0.379 e. The SMILES string of the molecule is ClCc1ccccc1NCc1cnsn1. The molecule has 1 aromatic heterocycles. The van der Waals surface area contributed by atoms with Crippen molar-refractivity contribution in [3.8, 4) is 0 Å². The van der Waals surface area contributed by atoms with E-state index in [1.54, 1.807) is 6.20 Å². The van der Waals surface area contributed by atoms with Crippen molar-refractivity contribution < 1.29 is 0 Å². The van der Waals surface area contributed by atoms with Gasteiger partial charge in [-0.3, -0.25) is 0 Å². The number of halogens is 1. The summed E-state index contributed by atoms with van der Waals surface area (Å²) in [6.45, 7) is 0.685. The molecule has 1 N–H and O–H groups in total. The topological polar surface area (TPSA) is 37.8 Å². The molecule has 2 rings (SSSR count). The van der Waals surface area contributed by atoms with E-state index >= 15 is 0 Å². The molecule has 0 unspecified atom stereocenters. The zero-order valence-corrected chi connectivity index (χ0v) is 9.55. The lowest BCUT2D eigenvalue weighted by atomic mass is 10.2. The summed E-state index contributed by atoms with van der Waals surface area (Å²) >= 11 is 7.05. The highest BCUT2D eigenvalue weighted by Crippen LogP contribution is 2.17. The third-order valence-corrected chi connectivity index (χ3v) is 2.83. The summed E-state index contributed by atoms with van der Waals surface area (Å²) in [6.07, 6.45) is 1.76. The first-order valence-electron chi connectivity index (χ1n) is 4.54. The number of nitrogens with one attached hydrogen (secondary N) is 1. The van der Waals surface area contributed by atoms with Gasteiger partial charge in [-0.2, -0.15) is 8.75 Å². The van der Waals surface area contributed by atoms with Gasteiger partial charge in [-0.1, -0.05) is 18.2 Å². The van der Waals surface area contributed by atoms with E-state index in [-0.39, 0.29) is 0 Å². The van der Waals surface area contributed by atoms with Crippen molar-refractivity contribution in [2.45, 2.75) is 12.4 Å². The number of hydrogen-bond donors (Lipinski definition) is 1. The molecule has 0 fully saturated rings. The third kappa shape index (κ3) is 2.67. The molecule has 5 heteroatoms. The fourth-order valence-corrected chi connectivity index (χ4v) is 1.92. The maximum Gasteiger partial charge on any atom is 0.0933 e. The van der Waals surface area contributed by atoms with Gasteiger partial charge in [0.1, 0.15) is 0 Å². The second-order valence-electron chi connectivity index (χ2n) is 3.04. The number of rotatable bonds is 4. The zero-order valence-electron chi connectivity index (χ0n) is 7.98. The van der Waals surface area contributed by atoms with Gasteiger partial charge in [-0.25, -0.2) is 0 Å². The van der Waals surface area contributed by atoms with Crippen LogP contribution in [0.5, 0.6) is 0 Å². The first-order valence-corrected chi connectivity index (χ1v) is 5.81. The van der Waals surface area contributed by atoms with Crippen molar-refractivity contribution >= 4 is 29.0 Å². The molecule has 2 aromatic rings. The van der Waals surface area contributed by atoms with Crippen LogP contribution in [0.1, 0.15) is 11.3 Å². The number of anilines is 1. The molecule has 78 valence electrons. The Balaban J connectivity index is 2.04. The molecule has 0 aliphatic carbocycles. The van der Waals surface area contributed by atoms with E-state index in [4.69, 9.17) is 11.6 Å². The first kappa shape index (κ1) is 10.4. The largest absolute Gasteiger partial charge is 0.379 e. The Morgan fingerprint density at radius 1 is 1.33 bits per heavy atom. The number of aromatic nitrogens is 2. The normalized spacial score (nSPS) is 10.2.